The van der Waals surface area contributed by atoms with Crippen molar-refractivity contribution >= 4 is 0 Å². The van der Waals surface area contributed by atoms with E-state index in [2.05, 4.69) is 16.5 Å². The van der Waals surface area contributed by atoms with Crippen LogP contribution in [0.25, 0.3) is 0 Å². The molecule has 0 aliphatic carbocycles. The Morgan fingerprint density at radius 1 is 1.45 bits per heavy atom. The average Bonchev–Trinajstić information content (AvgIpc) is 2.85. The van der Waals surface area contributed by atoms with Crippen LogP contribution in [0, 0.1) is 5.82 Å². The van der Waals surface area contributed by atoms with Crippen molar-refractivity contribution in [2.75, 3.05) is 0 Å². The van der Waals surface area contributed by atoms with Gasteiger partial charge in [-0.05, 0) is 31.5 Å². The quantitative estimate of drug-likeness (QED) is 0.883. The van der Waals surface area contributed by atoms with E-state index < -0.39 is 0 Å². The average molecular weight is 277 g/mol. The van der Waals surface area contributed by atoms with Gasteiger partial charge < -0.3 is 15.0 Å². The van der Waals surface area contributed by atoms with Gasteiger partial charge in [-0.1, -0.05) is 6.92 Å². The van der Waals surface area contributed by atoms with Crippen molar-refractivity contribution in [3.05, 3.63) is 47.8 Å². The van der Waals surface area contributed by atoms with E-state index in [1.54, 1.807) is 18.6 Å². The van der Waals surface area contributed by atoms with Gasteiger partial charge in [-0.2, -0.15) is 0 Å². The summed E-state index contributed by atoms with van der Waals surface area (Å²) in [6, 6.07) is 4.14. The lowest BCUT2D eigenvalue weighted by molar-refractivity contribution is 0.289. The maximum absolute atomic E-state index is 13.3. The zero-order chi connectivity index (χ0) is 14.5. The normalized spacial score (nSPS) is 12.4. The Hall–Kier alpha value is -1.88. The van der Waals surface area contributed by atoms with Crippen LogP contribution in [0.1, 0.15) is 37.6 Å². The maximum Gasteiger partial charge on any atom is 0.130 e. The Kier molecular flexibility index (Phi) is 4.74. The molecule has 0 amide bonds. The van der Waals surface area contributed by atoms with Crippen molar-refractivity contribution in [2.24, 2.45) is 5.73 Å². The van der Waals surface area contributed by atoms with Crippen LogP contribution in [0.2, 0.25) is 0 Å². The molecule has 0 spiro atoms. The number of hydrogen-bond donors (Lipinski definition) is 1. The third kappa shape index (κ3) is 3.36. The van der Waals surface area contributed by atoms with E-state index >= 15 is 0 Å². The largest absolute Gasteiger partial charge is 0.487 e. The van der Waals surface area contributed by atoms with E-state index in [1.807, 2.05) is 6.92 Å². The fraction of sp³-hybridized carbons (Fsp3) is 0.400. The molecular formula is C15H20FN3O. The zero-order valence-corrected chi connectivity index (χ0v) is 11.8. The topological polar surface area (TPSA) is 53.1 Å². The molecular weight excluding hydrogens is 257 g/mol. The summed E-state index contributed by atoms with van der Waals surface area (Å²) in [5.41, 5.74) is 7.51. The van der Waals surface area contributed by atoms with Crippen molar-refractivity contribution in [1.82, 2.24) is 9.55 Å². The summed E-state index contributed by atoms with van der Waals surface area (Å²) in [5, 5.41) is 0. The summed E-state index contributed by atoms with van der Waals surface area (Å²) in [5.74, 6) is 0.311. The third-order valence-corrected chi connectivity index (χ3v) is 3.10. The lowest BCUT2D eigenvalue weighted by atomic mass is 10.1. The fourth-order valence-corrected chi connectivity index (χ4v) is 2.07. The number of aromatic nitrogens is 2. The number of ether oxygens (including phenoxy) is 1. The molecule has 1 atom stereocenters. The van der Waals surface area contributed by atoms with Gasteiger partial charge in [0.2, 0.25) is 0 Å². The molecule has 108 valence electrons. The molecule has 0 bridgehead atoms. The number of nitrogens with two attached hydrogens (primary N) is 1. The molecule has 2 rings (SSSR count). The predicted molar refractivity (Wildman–Crippen MR) is 75.9 cm³/mol. The molecule has 0 radical (unpaired) electrons. The molecule has 0 saturated carbocycles. The minimum absolute atomic E-state index is 0.277. The summed E-state index contributed by atoms with van der Waals surface area (Å²) in [6.45, 7) is 5.22. The molecule has 5 heteroatoms. The molecule has 0 aliphatic rings. The molecule has 20 heavy (non-hydrogen) atoms. The highest BCUT2D eigenvalue weighted by Crippen LogP contribution is 2.25. The summed E-state index contributed by atoms with van der Waals surface area (Å²) >= 11 is 0. The van der Waals surface area contributed by atoms with Crippen molar-refractivity contribution in [3.63, 3.8) is 0 Å². The zero-order valence-electron chi connectivity index (χ0n) is 11.8. The van der Waals surface area contributed by atoms with E-state index in [4.69, 9.17) is 10.5 Å². The van der Waals surface area contributed by atoms with Gasteiger partial charge in [-0.15, -0.1) is 0 Å². The number of halogens is 1. The number of nitrogens with zero attached hydrogens (tertiary/aromatic N) is 2. The second-order valence-corrected chi connectivity index (χ2v) is 4.84. The minimum atomic E-state index is -0.305. The van der Waals surface area contributed by atoms with Crippen molar-refractivity contribution in [2.45, 2.75) is 39.5 Å². The second-order valence-electron chi connectivity index (χ2n) is 4.84. The van der Waals surface area contributed by atoms with Crippen LogP contribution < -0.4 is 10.5 Å². The van der Waals surface area contributed by atoms with Crippen molar-refractivity contribution in [3.8, 4) is 5.75 Å². The van der Waals surface area contributed by atoms with Crippen LogP contribution in [0.4, 0.5) is 4.39 Å². The van der Waals surface area contributed by atoms with Gasteiger partial charge in [-0.3, -0.25) is 0 Å². The van der Waals surface area contributed by atoms with Gasteiger partial charge in [0, 0.05) is 18.2 Å². The Morgan fingerprint density at radius 2 is 2.25 bits per heavy atom. The van der Waals surface area contributed by atoms with Crippen LogP contribution in [0.5, 0.6) is 5.75 Å². The molecule has 1 aromatic heterocycles. The molecule has 4 nitrogen and oxygen atoms in total. The van der Waals surface area contributed by atoms with Gasteiger partial charge in [0.1, 0.15) is 18.2 Å². The first-order valence-electron chi connectivity index (χ1n) is 6.78. The van der Waals surface area contributed by atoms with E-state index in [1.165, 1.54) is 12.1 Å². The van der Waals surface area contributed by atoms with Crippen LogP contribution in [-0.4, -0.2) is 9.55 Å². The van der Waals surface area contributed by atoms with Gasteiger partial charge >= 0.3 is 0 Å². The third-order valence-electron chi connectivity index (χ3n) is 3.10. The van der Waals surface area contributed by atoms with Crippen LogP contribution >= 0.6 is 0 Å². The van der Waals surface area contributed by atoms with Crippen LogP contribution in [0.15, 0.2) is 30.7 Å². The first kappa shape index (κ1) is 14.5. The number of aryl methyl sites for hydroxylation is 1. The highest BCUT2D eigenvalue weighted by atomic mass is 19.1. The van der Waals surface area contributed by atoms with Gasteiger partial charge in [0.05, 0.1) is 18.2 Å². The van der Waals surface area contributed by atoms with Crippen molar-refractivity contribution < 1.29 is 9.13 Å². The Bertz CT molecular complexity index is 566. The SMILES string of the molecule is CCCn1cncc1COc1ccc(F)cc1[C@@H](C)N. The lowest BCUT2D eigenvalue weighted by Crippen LogP contribution is -2.10. The molecule has 1 aromatic carbocycles. The molecule has 0 unspecified atom stereocenters. The number of hydrogen-bond acceptors (Lipinski definition) is 3. The monoisotopic (exact) mass is 277 g/mol. The number of imidazole rings is 1. The molecule has 0 saturated heterocycles. The first-order valence-corrected chi connectivity index (χ1v) is 6.78. The van der Waals surface area contributed by atoms with Gasteiger partial charge in [0.15, 0.2) is 0 Å². The number of benzene rings is 1. The van der Waals surface area contributed by atoms with Crippen LogP contribution in [-0.2, 0) is 13.2 Å². The molecule has 2 N–H and O–H groups in total. The molecule has 0 aliphatic heterocycles. The Morgan fingerprint density at radius 3 is 2.95 bits per heavy atom. The predicted octanol–water partition coefficient (Wildman–Crippen LogP) is 3.03. The highest BCUT2D eigenvalue weighted by molar-refractivity contribution is 5.36. The van der Waals surface area contributed by atoms with Gasteiger partial charge in [-0.25, -0.2) is 9.37 Å². The summed E-state index contributed by atoms with van der Waals surface area (Å²) in [7, 11) is 0. The Balaban J connectivity index is 2.12. The fourth-order valence-electron chi connectivity index (χ4n) is 2.07. The Labute approximate surface area is 118 Å². The van der Waals surface area contributed by atoms with Gasteiger partial charge in [0.25, 0.3) is 0 Å². The number of rotatable bonds is 6. The molecule has 2 aromatic rings. The van der Waals surface area contributed by atoms with Crippen LogP contribution in [0.3, 0.4) is 0 Å². The summed E-state index contributed by atoms with van der Waals surface area (Å²) in [6.07, 6.45) is 4.61. The second kappa shape index (κ2) is 6.52. The molecule has 1 heterocycles. The molecule has 0 fully saturated rings. The summed E-state index contributed by atoms with van der Waals surface area (Å²) in [4.78, 5) is 4.12. The van der Waals surface area contributed by atoms with E-state index in [9.17, 15) is 4.39 Å². The maximum atomic E-state index is 13.3. The van der Waals surface area contributed by atoms with E-state index in [0.717, 1.165) is 18.7 Å². The van der Waals surface area contributed by atoms with Crippen molar-refractivity contribution in [1.29, 1.82) is 0 Å². The van der Waals surface area contributed by atoms with E-state index in [0.29, 0.717) is 17.9 Å². The highest BCUT2D eigenvalue weighted by Gasteiger charge is 2.11. The smallest absolute Gasteiger partial charge is 0.130 e. The lowest BCUT2D eigenvalue weighted by Gasteiger charge is -2.14. The van der Waals surface area contributed by atoms with E-state index in [-0.39, 0.29) is 11.9 Å². The standard InChI is InChI=1S/C15H20FN3O/c1-3-6-19-10-18-8-13(19)9-20-15-5-4-12(16)7-14(15)11(2)17/h4-5,7-8,10-11H,3,6,9,17H2,1-2H3/t11-/m1/s1. The minimum Gasteiger partial charge on any atom is -0.487 e. The first-order chi connectivity index (χ1) is 9.61. The summed E-state index contributed by atoms with van der Waals surface area (Å²) < 4.78 is 21.1.